The standard InChI is InChI=1S/C9H12BrNO2/c10-9-4-2-1-3-8(9)7(5-12)6-13-11/h1-4,7,12H,5-6,11H2. The molecule has 1 unspecified atom stereocenters. The average molecular weight is 246 g/mol. The minimum absolute atomic E-state index is 0.0276. The minimum atomic E-state index is -0.0689. The van der Waals surface area contributed by atoms with Crippen LogP contribution in [0.2, 0.25) is 0 Å². The van der Waals surface area contributed by atoms with Gasteiger partial charge >= 0.3 is 0 Å². The fourth-order valence-corrected chi connectivity index (χ4v) is 1.77. The van der Waals surface area contributed by atoms with Crippen LogP contribution in [-0.4, -0.2) is 18.3 Å². The van der Waals surface area contributed by atoms with Gasteiger partial charge in [-0.15, -0.1) is 0 Å². The van der Waals surface area contributed by atoms with Gasteiger partial charge in [-0.3, -0.25) is 0 Å². The third-order valence-corrected chi connectivity index (χ3v) is 2.59. The Hall–Kier alpha value is -0.420. The molecule has 0 saturated heterocycles. The molecule has 4 heteroatoms. The summed E-state index contributed by atoms with van der Waals surface area (Å²) in [6.45, 7) is 0.346. The number of aliphatic hydroxyl groups is 1. The van der Waals surface area contributed by atoms with Crippen LogP contribution in [0.4, 0.5) is 0 Å². The zero-order chi connectivity index (χ0) is 9.68. The van der Waals surface area contributed by atoms with Crippen molar-refractivity contribution in [2.24, 2.45) is 5.90 Å². The van der Waals surface area contributed by atoms with E-state index in [0.29, 0.717) is 6.61 Å². The Bertz CT molecular complexity index is 268. The molecule has 0 spiro atoms. The van der Waals surface area contributed by atoms with Crippen LogP contribution in [0.25, 0.3) is 0 Å². The highest BCUT2D eigenvalue weighted by atomic mass is 79.9. The third-order valence-electron chi connectivity index (χ3n) is 1.86. The van der Waals surface area contributed by atoms with E-state index in [1.54, 1.807) is 0 Å². The Morgan fingerprint density at radius 3 is 2.69 bits per heavy atom. The minimum Gasteiger partial charge on any atom is -0.396 e. The van der Waals surface area contributed by atoms with Crippen molar-refractivity contribution in [3.63, 3.8) is 0 Å². The molecule has 0 radical (unpaired) electrons. The molecule has 0 aliphatic heterocycles. The van der Waals surface area contributed by atoms with E-state index in [-0.39, 0.29) is 12.5 Å². The third kappa shape index (κ3) is 2.77. The normalized spacial score (nSPS) is 12.8. The summed E-state index contributed by atoms with van der Waals surface area (Å²) in [4.78, 5) is 4.52. The van der Waals surface area contributed by atoms with Gasteiger partial charge in [0.25, 0.3) is 0 Å². The SMILES string of the molecule is NOCC(CO)c1ccccc1Br. The van der Waals surface area contributed by atoms with E-state index in [1.807, 2.05) is 24.3 Å². The predicted molar refractivity (Wildman–Crippen MR) is 54.1 cm³/mol. The summed E-state index contributed by atoms with van der Waals surface area (Å²) < 4.78 is 0.964. The zero-order valence-electron chi connectivity index (χ0n) is 7.11. The van der Waals surface area contributed by atoms with Crippen LogP contribution in [0.5, 0.6) is 0 Å². The Morgan fingerprint density at radius 1 is 1.46 bits per heavy atom. The first kappa shape index (κ1) is 10.7. The van der Waals surface area contributed by atoms with E-state index in [4.69, 9.17) is 11.0 Å². The number of benzene rings is 1. The van der Waals surface area contributed by atoms with Gasteiger partial charge in [-0.2, -0.15) is 0 Å². The molecule has 0 heterocycles. The van der Waals surface area contributed by atoms with Crippen molar-refractivity contribution in [1.82, 2.24) is 0 Å². The largest absolute Gasteiger partial charge is 0.396 e. The first-order chi connectivity index (χ1) is 6.29. The summed E-state index contributed by atoms with van der Waals surface area (Å²) in [5.74, 6) is 4.90. The second kappa shape index (κ2) is 5.34. The lowest BCUT2D eigenvalue weighted by atomic mass is 10.0. The van der Waals surface area contributed by atoms with Crippen molar-refractivity contribution in [2.45, 2.75) is 5.92 Å². The summed E-state index contributed by atoms with van der Waals surface area (Å²) >= 11 is 3.40. The molecule has 72 valence electrons. The highest BCUT2D eigenvalue weighted by Crippen LogP contribution is 2.24. The smallest absolute Gasteiger partial charge is 0.0770 e. The molecule has 3 nitrogen and oxygen atoms in total. The Morgan fingerprint density at radius 2 is 2.15 bits per heavy atom. The molecule has 0 amide bonds. The van der Waals surface area contributed by atoms with Gasteiger partial charge in [0.2, 0.25) is 0 Å². The lowest BCUT2D eigenvalue weighted by Crippen LogP contribution is -2.15. The van der Waals surface area contributed by atoms with E-state index in [1.165, 1.54) is 0 Å². The fourth-order valence-electron chi connectivity index (χ4n) is 1.16. The van der Waals surface area contributed by atoms with Crippen LogP contribution in [0.1, 0.15) is 11.5 Å². The van der Waals surface area contributed by atoms with Crippen molar-refractivity contribution in [3.05, 3.63) is 34.3 Å². The van der Waals surface area contributed by atoms with Gasteiger partial charge in [-0.25, -0.2) is 5.90 Å². The van der Waals surface area contributed by atoms with E-state index in [0.717, 1.165) is 10.0 Å². The van der Waals surface area contributed by atoms with E-state index >= 15 is 0 Å². The molecule has 1 atom stereocenters. The molecule has 0 saturated carbocycles. The molecule has 0 fully saturated rings. The molecule has 13 heavy (non-hydrogen) atoms. The quantitative estimate of drug-likeness (QED) is 0.790. The maximum Gasteiger partial charge on any atom is 0.0770 e. The zero-order valence-corrected chi connectivity index (χ0v) is 8.70. The molecule has 0 bridgehead atoms. The van der Waals surface area contributed by atoms with Crippen LogP contribution in [0, 0.1) is 0 Å². The van der Waals surface area contributed by atoms with Crippen molar-refractivity contribution >= 4 is 15.9 Å². The molecular weight excluding hydrogens is 234 g/mol. The van der Waals surface area contributed by atoms with Crippen LogP contribution >= 0.6 is 15.9 Å². The van der Waals surface area contributed by atoms with E-state index in [2.05, 4.69) is 20.8 Å². The van der Waals surface area contributed by atoms with Crippen molar-refractivity contribution < 1.29 is 9.94 Å². The lowest BCUT2D eigenvalue weighted by molar-refractivity contribution is 0.101. The van der Waals surface area contributed by atoms with Gasteiger partial charge in [-0.05, 0) is 11.6 Å². The highest BCUT2D eigenvalue weighted by molar-refractivity contribution is 9.10. The lowest BCUT2D eigenvalue weighted by Gasteiger charge is -2.14. The van der Waals surface area contributed by atoms with E-state index in [9.17, 15) is 0 Å². The number of aliphatic hydroxyl groups excluding tert-OH is 1. The van der Waals surface area contributed by atoms with Crippen LogP contribution in [-0.2, 0) is 4.84 Å². The van der Waals surface area contributed by atoms with Gasteiger partial charge in [0.15, 0.2) is 0 Å². The van der Waals surface area contributed by atoms with Crippen LogP contribution in [0.15, 0.2) is 28.7 Å². The van der Waals surface area contributed by atoms with E-state index < -0.39 is 0 Å². The first-order valence-corrected chi connectivity index (χ1v) is 4.76. The topological polar surface area (TPSA) is 55.5 Å². The van der Waals surface area contributed by atoms with Crippen molar-refractivity contribution in [2.75, 3.05) is 13.2 Å². The predicted octanol–water partition coefficient (Wildman–Crippen LogP) is 1.42. The Balaban J connectivity index is 2.84. The fraction of sp³-hybridized carbons (Fsp3) is 0.333. The summed E-state index contributed by atoms with van der Waals surface area (Å²) in [5, 5.41) is 9.08. The monoisotopic (exact) mass is 245 g/mol. The molecule has 0 aromatic heterocycles. The number of hydrogen-bond donors (Lipinski definition) is 2. The number of nitrogens with two attached hydrogens (primary N) is 1. The number of hydrogen-bond acceptors (Lipinski definition) is 3. The van der Waals surface area contributed by atoms with Crippen LogP contribution < -0.4 is 5.90 Å². The second-order valence-corrected chi connectivity index (χ2v) is 3.59. The van der Waals surface area contributed by atoms with Crippen molar-refractivity contribution in [1.29, 1.82) is 0 Å². The molecule has 1 aromatic carbocycles. The molecule has 3 N–H and O–H groups in total. The highest BCUT2D eigenvalue weighted by Gasteiger charge is 2.12. The Labute approximate surface area is 85.6 Å². The molecule has 1 rings (SSSR count). The maximum absolute atomic E-state index is 9.08. The number of halogens is 1. The molecule has 0 aliphatic rings. The van der Waals surface area contributed by atoms with Crippen LogP contribution in [0.3, 0.4) is 0 Å². The van der Waals surface area contributed by atoms with Gasteiger partial charge < -0.3 is 9.94 Å². The van der Waals surface area contributed by atoms with Gasteiger partial charge in [-0.1, -0.05) is 34.1 Å². The summed E-state index contributed by atoms with van der Waals surface area (Å²) in [7, 11) is 0. The summed E-state index contributed by atoms with van der Waals surface area (Å²) in [5.41, 5.74) is 1.01. The molecule has 1 aromatic rings. The Kier molecular flexibility index (Phi) is 4.38. The summed E-state index contributed by atoms with van der Waals surface area (Å²) in [6.07, 6.45) is 0. The number of rotatable bonds is 4. The van der Waals surface area contributed by atoms with Gasteiger partial charge in [0, 0.05) is 10.4 Å². The maximum atomic E-state index is 9.08. The molecular formula is C9H12BrNO2. The summed E-state index contributed by atoms with van der Waals surface area (Å²) in [6, 6.07) is 7.70. The van der Waals surface area contributed by atoms with Gasteiger partial charge in [0.1, 0.15) is 0 Å². The first-order valence-electron chi connectivity index (χ1n) is 3.96. The second-order valence-electron chi connectivity index (χ2n) is 2.73. The average Bonchev–Trinajstić information content (AvgIpc) is 2.16. The van der Waals surface area contributed by atoms with Gasteiger partial charge in [0.05, 0.1) is 13.2 Å². The van der Waals surface area contributed by atoms with Crippen molar-refractivity contribution in [3.8, 4) is 0 Å². The molecule has 0 aliphatic carbocycles.